The summed E-state index contributed by atoms with van der Waals surface area (Å²) < 4.78 is 0. The van der Waals surface area contributed by atoms with Gasteiger partial charge in [-0.1, -0.05) is 36.4 Å². The van der Waals surface area contributed by atoms with E-state index < -0.39 is 13.0 Å². The van der Waals surface area contributed by atoms with Crippen LogP contribution in [0.25, 0.3) is 22.3 Å². The van der Waals surface area contributed by atoms with Gasteiger partial charge in [-0.3, -0.25) is 9.69 Å². The van der Waals surface area contributed by atoms with E-state index in [1.165, 1.54) is 0 Å². The zero-order valence-electron chi connectivity index (χ0n) is 19.0. The fourth-order valence-electron chi connectivity index (χ4n) is 4.56. The Hall–Kier alpha value is -3.73. The number of fused-ring (bicyclic) bond motifs is 2. The van der Waals surface area contributed by atoms with E-state index >= 15 is 0 Å². The molecule has 0 saturated carbocycles. The molecule has 1 amide bonds. The molecule has 0 bridgehead atoms. The van der Waals surface area contributed by atoms with Crippen LogP contribution in [0.2, 0.25) is 0 Å². The van der Waals surface area contributed by atoms with Gasteiger partial charge >= 0.3 is 7.12 Å². The SMILES string of the molecule is Cc1[nH]c2c(C(N)=O)cccc2c1-c1nc2c(c(NCc3cccc(B(O)O)c3)n1)CN(C)C2. The zero-order chi connectivity index (χ0) is 24.0. The van der Waals surface area contributed by atoms with Gasteiger partial charge in [-0.2, -0.15) is 0 Å². The minimum absolute atomic E-state index is 0.428. The maximum absolute atomic E-state index is 11.9. The molecule has 9 nitrogen and oxygen atoms in total. The molecule has 0 atom stereocenters. The summed E-state index contributed by atoms with van der Waals surface area (Å²) in [6.45, 7) is 3.83. The van der Waals surface area contributed by atoms with Crippen molar-refractivity contribution >= 4 is 35.2 Å². The summed E-state index contributed by atoms with van der Waals surface area (Å²) in [5.74, 6) is 0.813. The molecule has 5 rings (SSSR count). The van der Waals surface area contributed by atoms with Crippen molar-refractivity contribution in [1.29, 1.82) is 0 Å². The summed E-state index contributed by atoms with van der Waals surface area (Å²) in [5, 5.41) is 23.2. The van der Waals surface area contributed by atoms with Crippen LogP contribution in [0.3, 0.4) is 0 Å². The number of aryl methyl sites for hydroxylation is 1. The summed E-state index contributed by atoms with van der Waals surface area (Å²) >= 11 is 0. The Morgan fingerprint density at radius 1 is 1.21 bits per heavy atom. The molecule has 2 aromatic heterocycles. The number of hydrogen-bond donors (Lipinski definition) is 5. The predicted molar refractivity (Wildman–Crippen MR) is 131 cm³/mol. The van der Waals surface area contributed by atoms with Gasteiger partial charge in [0.25, 0.3) is 5.91 Å². The molecule has 0 fully saturated rings. The molecule has 3 heterocycles. The lowest BCUT2D eigenvalue weighted by molar-refractivity contribution is 0.100. The number of benzene rings is 2. The summed E-state index contributed by atoms with van der Waals surface area (Å²) in [6.07, 6.45) is 0. The van der Waals surface area contributed by atoms with E-state index in [0.29, 0.717) is 35.5 Å². The number of hydrogen-bond acceptors (Lipinski definition) is 7. The van der Waals surface area contributed by atoms with E-state index in [1.54, 1.807) is 24.3 Å². The number of rotatable bonds is 6. The number of aromatic nitrogens is 3. The topological polar surface area (TPSA) is 140 Å². The van der Waals surface area contributed by atoms with Crippen LogP contribution >= 0.6 is 0 Å². The van der Waals surface area contributed by atoms with Crippen molar-refractivity contribution in [2.45, 2.75) is 26.6 Å². The second-order valence-corrected chi connectivity index (χ2v) is 8.68. The van der Waals surface area contributed by atoms with Crippen LogP contribution in [-0.4, -0.2) is 50.0 Å². The number of carbonyl (C=O) groups is 1. The Balaban J connectivity index is 1.57. The van der Waals surface area contributed by atoms with Gasteiger partial charge < -0.3 is 26.1 Å². The third-order valence-electron chi connectivity index (χ3n) is 6.16. The first-order valence-electron chi connectivity index (χ1n) is 11.0. The Kier molecular flexibility index (Phi) is 5.56. The number of aromatic amines is 1. The van der Waals surface area contributed by atoms with Gasteiger partial charge in [0, 0.05) is 41.8 Å². The molecule has 0 spiro atoms. The molecule has 6 N–H and O–H groups in total. The van der Waals surface area contributed by atoms with Crippen molar-refractivity contribution in [3.63, 3.8) is 0 Å². The quantitative estimate of drug-likeness (QED) is 0.275. The minimum atomic E-state index is -1.52. The van der Waals surface area contributed by atoms with Crippen LogP contribution in [0.4, 0.5) is 5.82 Å². The molecule has 34 heavy (non-hydrogen) atoms. The molecular weight excluding hydrogens is 431 g/mol. The van der Waals surface area contributed by atoms with Crippen LogP contribution in [0.1, 0.15) is 32.9 Å². The van der Waals surface area contributed by atoms with Gasteiger partial charge in [0.05, 0.1) is 16.8 Å². The van der Waals surface area contributed by atoms with Gasteiger partial charge in [0.1, 0.15) is 5.82 Å². The standard InChI is InChI=1S/C24H25BN6O3/c1-13-20(16-7-4-8-17(22(26)32)21(16)28-13)24-29-19-12-31(2)11-18(19)23(30-24)27-10-14-5-3-6-15(9-14)25(33)34/h3-9,28,33-34H,10-12H2,1-2H3,(H2,26,32)(H,27,29,30). The Morgan fingerprint density at radius 2 is 2.00 bits per heavy atom. The number of nitrogens with zero attached hydrogens (tertiary/aromatic N) is 3. The van der Waals surface area contributed by atoms with Crippen molar-refractivity contribution in [2.24, 2.45) is 5.73 Å². The molecule has 0 radical (unpaired) electrons. The first-order chi connectivity index (χ1) is 16.3. The Labute approximate surface area is 196 Å². The molecule has 2 aromatic carbocycles. The second kappa shape index (κ2) is 8.56. The lowest BCUT2D eigenvalue weighted by Crippen LogP contribution is -2.30. The summed E-state index contributed by atoms with van der Waals surface area (Å²) in [7, 11) is 0.520. The average Bonchev–Trinajstić information content (AvgIpc) is 3.35. The summed E-state index contributed by atoms with van der Waals surface area (Å²) in [5.41, 5.74) is 11.7. The molecule has 0 unspecified atom stereocenters. The molecule has 1 aliphatic rings. The molecular formula is C24H25BN6O3. The summed E-state index contributed by atoms with van der Waals surface area (Å²) in [6, 6.07) is 12.6. The minimum Gasteiger partial charge on any atom is -0.423 e. The van der Waals surface area contributed by atoms with Crippen molar-refractivity contribution in [3.8, 4) is 11.4 Å². The average molecular weight is 456 g/mol. The van der Waals surface area contributed by atoms with Crippen molar-refractivity contribution in [3.05, 3.63) is 70.5 Å². The number of amides is 1. The van der Waals surface area contributed by atoms with Crippen molar-refractivity contribution < 1.29 is 14.8 Å². The second-order valence-electron chi connectivity index (χ2n) is 8.68. The third-order valence-corrected chi connectivity index (χ3v) is 6.16. The lowest BCUT2D eigenvalue weighted by Gasteiger charge is -2.13. The van der Waals surface area contributed by atoms with E-state index in [4.69, 9.17) is 15.7 Å². The molecule has 1 aliphatic heterocycles. The Bertz CT molecular complexity index is 1420. The van der Waals surface area contributed by atoms with Crippen LogP contribution in [0, 0.1) is 6.92 Å². The number of carbonyl (C=O) groups excluding carboxylic acids is 1. The molecule has 10 heteroatoms. The van der Waals surface area contributed by atoms with Crippen LogP contribution < -0.4 is 16.5 Å². The number of anilines is 1. The highest BCUT2D eigenvalue weighted by atomic mass is 16.4. The molecule has 0 saturated heterocycles. The predicted octanol–water partition coefficient (Wildman–Crippen LogP) is 1.27. The third kappa shape index (κ3) is 3.92. The van der Waals surface area contributed by atoms with E-state index in [-0.39, 0.29) is 0 Å². The molecule has 172 valence electrons. The van der Waals surface area contributed by atoms with Gasteiger partial charge in [-0.05, 0) is 31.1 Å². The van der Waals surface area contributed by atoms with E-state index in [1.807, 2.05) is 32.2 Å². The maximum Gasteiger partial charge on any atom is 0.488 e. The Morgan fingerprint density at radius 3 is 2.76 bits per heavy atom. The first-order valence-corrected chi connectivity index (χ1v) is 11.0. The number of nitrogens with two attached hydrogens (primary N) is 1. The summed E-state index contributed by atoms with van der Waals surface area (Å²) in [4.78, 5) is 27.2. The fourth-order valence-corrected chi connectivity index (χ4v) is 4.56. The van der Waals surface area contributed by atoms with Crippen molar-refractivity contribution in [2.75, 3.05) is 12.4 Å². The monoisotopic (exact) mass is 456 g/mol. The van der Waals surface area contributed by atoms with Gasteiger partial charge in [0.15, 0.2) is 5.82 Å². The number of para-hydroxylation sites is 1. The van der Waals surface area contributed by atoms with E-state index in [2.05, 4.69) is 15.2 Å². The maximum atomic E-state index is 11.9. The fraction of sp³-hybridized carbons (Fsp3) is 0.208. The largest absolute Gasteiger partial charge is 0.488 e. The van der Waals surface area contributed by atoms with Gasteiger partial charge in [-0.15, -0.1) is 0 Å². The molecule has 4 aromatic rings. The van der Waals surface area contributed by atoms with Crippen LogP contribution in [0.5, 0.6) is 0 Å². The number of primary amides is 1. The van der Waals surface area contributed by atoms with Gasteiger partial charge in [0.2, 0.25) is 0 Å². The van der Waals surface area contributed by atoms with Crippen LogP contribution in [0.15, 0.2) is 42.5 Å². The number of nitrogens with one attached hydrogen (secondary N) is 2. The number of H-pyrrole nitrogens is 1. The normalized spacial score (nSPS) is 13.3. The lowest BCUT2D eigenvalue weighted by atomic mass is 9.79. The smallest absolute Gasteiger partial charge is 0.423 e. The highest BCUT2D eigenvalue weighted by molar-refractivity contribution is 6.58. The van der Waals surface area contributed by atoms with E-state index in [0.717, 1.165) is 45.8 Å². The van der Waals surface area contributed by atoms with Crippen LogP contribution in [-0.2, 0) is 19.6 Å². The first kappa shape index (κ1) is 22.1. The van der Waals surface area contributed by atoms with Gasteiger partial charge in [-0.25, -0.2) is 9.97 Å². The zero-order valence-corrected chi connectivity index (χ0v) is 19.0. The van der Waals surface area contributed by atoms with Crippen molar-refractivity contribution in [1.82, 2.24) is 19.9 Å². The highest BCUT2D eigenvalue weighted by Crippen LogP contribution is 2.35. The molecule has 0 aliphatic carbocycles. The highest BCUT2D eigenvalue weighted by Gasteiger charge is 2.25. The van der Waals surface area contributed by atoms with E-state index in [9.17, 15) is 14.8 Å².